The molecule has 17 heavy (non-hydrogen) atoms. The highest BCUT2D eigenvalue weighted by Gasteiger charge is 2.32. The molecule has 0 bridgehead atoms. The van der Waals surface area contributed by atoms with Crippen molar-refractivity contribution in [1.29, 1.82) is 0 Å². The lowest BCUT2D eigenvalue weighted by Crippen LogP contribution is -2.50. The second-order valence-electron chi connectivity index (χ2n) is 4.67. The number of hydrogen-bond acceptors (Lipinski definition) is 4. The van der Waals surface area contributed by atoms with Crippen LogP contribution in [0.25, 0.3) is 0 Å². The van der Waals surface area contributed by atoms with Crippen LogP contribution in [0.5, 0.6) is 0 Å². The summed E-state index contributed by atoms with van der Waals surface area (Å²) in [6.07, 6.45) is 2.43. The van der Waals surface area contributed by atoms with Gasteiger partial charge in [-0.3, -0.25) is 4.79 Å². The number of ether oxygens (including phenoxy) is 2. The van der Waals surface area contributed by atoms with Gasteiger partial charge in [0.05, 0.1) is 12.7 Å². The van der Waals surface area contributed by atoms with Gasteiger partial charge in [-0.2, -0.15) is 0 Å². The van der Waals surface area contributed by atoms with Crippen molar-refractivity contribution in [2.75, 3.05) is 26.4 Å². The summed E-state index contributed by atoms with van der Waals surface area (Å²) in [5.41, 5.74) is -0.893. The van der Waals surface area contributed by atoms with Crippen molar-refractivity contribution >= 4 is 5.97 Å². The number of carbonyl (C=O) groups is 1. The predicted molar refractivity (Wildman–Crippen MR) is 64.1 cm³/mol. The fourth-order valence-electron chi connectivity index (χ4n) is 1.75. The molecule has 0 aliphatic carbocycles. The third-order valence-corrected chi connectivity index (χ3v) is 3.08. The minimum atomic E-state index is -0.893. The van der Waals surface area contributed by atoms with Crippen LogP contribution in [-0.2, 0) is 14.3 Å². The Kier molecular flexibility index (Phi) is 5.88. The molecule has 2 unspecified atom stereocenters. The van der Waals surface area contributed by atoms with Gasteiger partial charge in [0.1, 0.15) is 5.54 Å². The van der Waals surface area contributed by atoms with Crippen LogP contribution in [0.15, 0.2) is 0 Å². The van der Waals surface area contributed by atoms with Gasteiger partial charge in [0.15, 0.2) is 0 Å². The number of rotatable bonds is 8. The molecule has 0 amide bonds. The number of carboxylic acid groups (broad SMARTS) is 1. The van der Waals surface area contributed by atoms with Crippen LogP contribution in [0.2, 0.25) is 0 Å². The number of hydrogen-bond donors (Lipinski definition) is 2. The fraction of sp³-hybridized carbons (Fsp3) is 0.917. The van der Waals surface area contributed by atoms with Gasteiger partial charge in [0.2, 0.25) is 0 Å². The number of aliphatic carboxylic acids is 1. The summed E-state index contributed by atoms with van der Waals surface area (Å²) in [7, 11) is 0. The molecule has 1 rings (SSSR count). The molecule has 2 atom stereocenters. The quantitative estimate of drug-likeness (QED) is 0.668. The normalized spacial score (nSPS) is 23.5. The Morgan fingerprint density at radius 2 is 2.41 bits per heavy atom. The molecule has 0 aromatic carbocycles. The molecular formula is C12H23NO4. The first-order chi connectivity index (χ1) is 8.08. The van der Waals surface area contributed by atoms with Crippen LogP contribution in [-0.4, -0.2) is 49.1 Å². The smallest absolute Gasteiger partial charge is 0.323 e. The van der Waals surface area contributed by atoms with E-state index in [2.05, 4.69) is 5.32 Å². The van der Waals surface area contributed by atoms with Crippen LogP contribution in [0, 0.1) is 0 Å². The Morgan fingerprint density at radius 3 is 2.94 bits per heavy atom. The van der Waals surface area contributed by atoms with Crippen LogP contribution in [0.1, 0.15) is 33.1 Å². The summed E-state index contributed by atoms with van der Waals surface area (Å²) in [5.74, 6) is -0.822. The highest BCUT2D eigenvalue weighted by molar-refractivity contribution is 5.78. The first-order valence-corrected chi connectivity index (χ1v) is 6.26. The van der Waals surface area contributed by atoms with Crippen LogP contribution in [0.4, 0.5) is 0 Å². The molecule has 1 saturated heterocycles. The van der Waals surface area contributed by atoms with E-state index >= 15 is 0 Å². The first-order valence-electron chi connectivity index (χ1n) is 6.26. The Labute approximate surface area is 102 Å². The van der Waals surface area contributed by atoms with E-state index in [4.69, 9.17) is 9.47 Å². The Bertz CT molecular complexity index is 241. The van der Waals surface area contributed by atoms with Crippen LogP contribution >= 0.6 is 0 Å². The third kappa shape index (κ3) is 4.61. The van der Waals surface area contributed by atoms with Gasteiger partial charge in [-0.05, 0) is 32.7 Å². The van der Waals surface area contributed by atoms with E-state index in [1.165, 1.54) is 0 Å². The minimum Gasteiger partial charge on any atom is -0.480 e. The Balaban J connectivity index is 2.30. The summed E-state index contributed by atoms with van der Waals surface area (Å²) < 4.78 is 10.8. The summed E-state index contributed by atoms with van der Waals surface area (Å²) in [6.45, 7) is 6.26. The predicted octanol–water partition coefficient (Wildman–Crippen LogP) is 1.02. The molecular weight excluding hydrogens is 222 g/mol. The van der Waals surface area contributed by atoms with Crippen LogP contribution < -0.4 is 5.32 Å². The molecule has 2 N–H and O–H groups in total. The lowest BCUT2D eigenvalue weighted by Gasteiger charge is -2.26. The van der Waals surface area contributed by atoms with E-state index in [1.807, 2.05) is 6.92 Å². The molecule has 1 heterocycles. The monoisotopic (exact) mass is 245 g/mol. The average Bonchev–Trinajstić information content (AvgIpc) is 2.79. The van der Waals surface area contributed by atoms with Crippen molar-refractivity contribution in [3.05, 3.63) is 0 Å². The molecule has 0 aromatic rings. The second kappa shape index (κ2) is 6.93. The zero-order valence-electron chi connectivity index (χ0n) is 10.7. The Morgan fingerprint density at radius 1 is 1.65 bits per heavy atom. The van der Waals surface area contributed by atoms with Crippen molar-refractivity contribution in [3.63, 3.8) is 0 Å². The van der Waals surface area contributed by atoms with Crippen molar-refractivity contribution < 1.29 is 19.4 Å². The average molecular weight is 245 g/mol. The van der Waals surface area contributed by atoms with Crippen molar-refractivity contribution in [2.24, 2.45) is 0 Å². The van der Waals surface area contributed by atoms with Gasteiger partial charge in [0.25, 0.3) is 0 Å². The maximum atomic E-state index is 11.2. The van der Waals surface area contributed by atoms with E-state index < -0.39 is 11.5 Å². The molecule has 100 valence electrons. The summed E-state index contributed by atoms with van der Waals surface area (Å²) in [6, 6.07) is 0. The maximum absolute atomic E-state index is 11.2. The van der Waals surface area contributed by atoms with E-state index in [1.54, 1.807) is 6.92 Å². The number of carboxylic acids is 1. The molecule has 0 saturated carbocycles. The third-order valence-electron chi connectivity index (χ3n) is 3.08. The fourth-order valence-corrected chi connectivity index (χ4v) is 1.75. The first kappa shape index (κ1) is 14.4. The van der Waals surface area contributed by atoms with Gasteiger partial charge >= 0.3 is 5.97 Å². The van der Waals surface area contributed by atoms with Gasteiger partial charge in [0, 0.05) is 13.2 Å². The molecule has 1 aliphatic rings. The van der Waals surface area contributed by atoms with E-state index in [-0.39, 0.29) is 6.10 Å². The van der Waals surface area contributed by atoms with E-state index in [9.17, 15) is 9.90 Å². The highest BCUT2D eigenvalue weighted by Crippen LogP contribution is 2.14. The van der Waals surface area contributed by atoms with Gasteiger partial charge in [-0.25, -0.2) is 0 Å². The van der Waals surface area contributed by atoms with Crippen molar-refractivity contribution in [1.82, 2.24) is 5.32 Å². The minimum absolute atomic E-state index is 0.138. The second-order valence-corrected chi connectivity index (χ2v) is 4.67. The molecule has 5 heteroatoms. The molecule has 1 aliphatic heterocycles. The molecule has 0 radical (unpaired) electrons. The lowest BCUT2D eigenvalue weighted by atomic mass is 9.98. The van der Waals surface area contributed by atoms with Crippen LogP contribution in [0.3, 0.4) is 0 Å². The molecule has 1 fully saturated rings. The highest BCUT2D eigenvalue weighted by atomic mass is 16.5. The van der Waals surface area contributed by atoms with Gasteiger partial charge < -0.3 is 19.9 Å². The lowest BCUT2D eigenvalue weighted by molar-refractivity contribution is -0.145. The summed E-state index contributed by atoms with van der Waals surface area (Å²) in [5, 5.41) is 12.3. The molecule has 5 nitrogen and oxygen atoms in total. The van der Waals surface area contributed by atoms with Gasteiger partial charge in [-0.1, -0.05) is 6.92 Å². The number of nitrogens with one attached hydrogen (secondary N) is 1. The standard InChI is InChI=1S/C12H23NO4/c1-3-6-13-12(2,11(14)15)5-8-17-10-4-7-16-9-10/h10,13H,3-9H2,1-2H3,(H,14,15). The van der Waals surface area contributed by atoms with Crippen molar-refractivity contribution in [2.45, 2.75) is 44.8 Å². The SMILES string of the molecule is CCCNC(C)(CCOC1CCOC1)C(=O)O. The van der Waals surface area contributed by atoms with E-state index in [0.717, 1.165) is 19.4 Å². The maximum Gasteiger partial charge on any atom is 0.323 e. The molecule has 0 spiro atoms. The van der Waals surface area contributed by atoms with Gasteiger partial charge in [-0.15, -0.1) is 0 Å². The zero-order chi connectivity index (χ0) is 12.7. The molecule has 0 aromatic heterocycles. The topological polar surface area (TPSA) is 67.8 Å². The summed E-state index contributed by atoms with van der Waals surface area (Å²) in [4.78, 5) is 11.2. The summed E-state index contributed by atoms with van der Waals surface area (Å²) >= 11 is 0. The van der Waals surface area contributed by atoms with E-state index in [0.29, 0.717) is 26.2 Å². The van der Waals surface area contributed by atoms with Crippen molar-refractivity contribution in [3.8, 4) is 0 Å². The Hall–Kier alpha value is -0.650. The zero-order valence-corrected chi connectivity index (χ0v) is 10.7. The largest absolute Gasteiger partial charge is 0.480 e.